The summed E-state index contributed by atoms with van der Waals surface area (Å²) in [6, 6.07) is 10.4. The topological polar surface area (TPSA) is 48.9 Å². The van der Waals surface area contributed by atoms with Crippen molar-refractivity contribution in [1.29, 1.82) is 0 Å². The second-order valence-corrected chi connectivity index (χ2v) is 8.94. The molecule has 0 aliphatic carbocycles. The van der Waals surface area contributed by atoms with Crippen LogP contribution in [0.25, 0.3) is 0 Å². The van der Waals surface area contributed by atoms with Crippen molar-refractivity contribution in [1.82, 2.24) is 19.7 Å². The number of halogens is 3. The number of rotatable bonds is 5. The molecule has 0 spiro atoms. The van der Waals surface area contributed by atoms with E-state index in [2.05, 4.69) is 14.8 Å². The summed E-state index contributed by atoms with van der Waals surface area (Å²) in [5.41, 5.74) is 0.547. The molecule has 184 valence electrons. The number of hydrogen-bond donors (Lipinski definition) is 0. The molecular formula is C25H31F3N4O2. The number of ether oxygens (including phenoxy) is 1. The highest BCUT2D eigenvalue weighted by atomic mass is 19.4. The fraction of sp³-hybridized carbons (Fsp3) is 0.520. The van der Waals surface area contributed by atoms with Gasteiger partial charge in [0.05, 0.1) is 12.7 Å². The van der Waals surface area contributed by atoms with Crippen molar-refractivity contribution in [2.24, 2.45) is 0 Å². The molecule has 9 heteroatoms. The summed E-state index contributed by atoms with van der Waals surface area (Å²) in [6.07, 6.45) is -0.129. The molecule has 0 N–H and O–H groups in total. The molecule has 0 unspecified atom stereocenters. The highest BCUT2D eigenvalue weighted by Crippen LogP contribution is 2.28. The summed E-state index contributed by atoms with van der Waals surface area (Å²) in [5.74, 6) is 0.614. The van der Waals surface area contributed by atoms with Crippen molar-refractivity contribution in [3.63, 3.8) is 0 Å². The smallest absolute Gasteiger partial charge is 0.433 e. The molecule has 2 aliphatic rings. The molecule has 2 saturated heterocycles. The van der Waals surface area contributed by atoms with Crippen LogP contribution in [0.5, 0.6) is 5.75 Å². The summed E-state index contributed by atoms with van der Waals surface area (Å²) in [4.78, 5) is 23.3. The number of aromatic nitrogens is 1. The summed E-state index contributed by atoms with van der Waals surface area (Å²) >= 11 is 0. The summed E-state index contributed by atoms with van der Waals surface area (Å²) in [6.45, 7) is 5.62. The molecule has 3 heterocycles. The van der Waals surface area contributed by atoms with Crippen LogP contribution in [0, 0.1) is 0 Å². The van der Waals surface area contributed by atoms with Gasteiger partial charge in [0, 0.05) is 45.0 Å². The van der Waals surface area contributed by atoms with Crippen LogP contribution in [0.2, 0.25) is 0 Å². The van der Waals surface area contributed by atoms with E-state index in [1.165, 1.54) is 12.3 Å². The van der Waals surface area contributed by atoms with Crippen molar-refractivity contribution >= 4 is 5.91 Å². The van der Waals surface area contributed by atoms with E-state index >= 15 is 0 Å². The molecule has 1 aromatic carbocycles. The number of pyridine rings is 1. The van der Waals surface area contributed by atoms with Crippen molar-refractivity contribution in [3.8, 4) is 5.75 Å². The molecule has 2 aromatic rings. The lowest BCUT2D eigenvalue weighted by molar-refractivity contribution is -0.141. The van der Waals surface area contributed by atoms with Crippen LogP contribution in [0.3, 0.4) is 0 Å². The van der Waals surface area contributed by atoms with E-state index in [9.17, 15) is 18.0 Å². The third-order valence-corrected chi connectivity index (χ3v) is 6.75. The quantitative estimate of drug-likeness (QED) is 0.655. The van der Waals surface area contributed by atoms with E-state index in [1.54, 1.807) is 7.11 Å². The molecule has 0 atom stereocenters. The van der Waals surface area contributed by atoms with Gasteiger partial charge in [-0.2, -0.15) is 13.2 Å². The van der Waals surface area contributed by atoms with Crippen LogP contribution < -0.4 is 4.74 Å². The first kappa shape index (κ1) is 24.5. The Labute approximate surface area is 198 Å². The molecule has 2 aliphatic heterocycles. The van der Waals surface area contributed by atoms with E-state index in [-0.39, 0.29) is 5.91 Å². The average molecular weight is 477 g/mol. The van der Waals surface area contributed by atoms with E-state index in [1.807, 2.05) is 29.2 Å². The number of carbonyl (C=O) groups excluding carboxylic acids is 1. The van der Waals surface area contributed by atoms with Gasteiger partial charge in [-0.25, -0.2) is 0 Å². The van der Waals surface area contributed by atoms with Gasteiger partial charge < -0.3 is 9.64 Å². The number of carbonyl (C=O) groups is 1. The maximum atomic E-state index is 13.1. The first-order valence-electron chi connectivity index (χ1n) is 11.8. The average Bonchev–Trinajstić information content (AvgIpc) is 3.10. The van der Waals surface area contributed by atoms with Gasteiger partial charge >= 0.3 is 6.18 Å². The lowest BCUT2D eigenvalue weighted by Crippen LogP contribution is -2.46. The van der Waals surface area contributed by atoms with Crippen molar-refractivity contribution in [2.75, 3.05) is 46.4 Å². The van der Waals surface area contributed by atoms with Crippen molar-refractivity contribution in [3.05, 3.63) is 59.4 Å². The highest BCUT2D eigenvalue weighted by molar-refractivity contribution is 5.97. The zero-order valence-electron chi connectivity index (χ0n) is 19.4. The normalized spacial score (nSPS) is 19.1. The van der Waals surface area contributed by atoms with Crippen molar-refractivity contribution in [2.45, 2.75) is 38.0 Å². The Balaban J connectivity index is 1.27. The number of amides is 1. The van der Waals surface area contributed by atoms with Gasteiger partial charge in [0.15, 0.2) is 0 Å². The van der Waals surface area contributed by atoms with Gasteiger partial charge in [-0.3, -0.25) is 19.6 Å². The summed E-state index contributed by atoms with van der Waals surface area (Å²) < 4.78 is 43.5. The number of benzene rings is 1. The summed E-state index contributed by atoms with van der Waals surface area (Å²) in [5, 5.41) is 0. The maximum Gasteiger partial charge on any atom is 0.433 e. The highest BCUT2D eigenvalue weighted by Gasteiger charge is 2.32. The molecule has 34 heavy (non-hydrogen) atoms. The number of piperidine rings is 1. The van der Waals surface area contributed by atoms with E-state index in [0.29, 0.717) is 30.4 Å². The number of alkyl halides is 3. The zero-order valence-corrected chi connectivity index (χ0v) is 19.4. The predicted molar refractivity (Wildman–Crippen MR) is 123 cm³/mol. The molecule has 0 saturated carbocycles. The Bertz CT molecular complexity index is 959. The van der Waals surface area contributed by atoms with Gasteiger partial charge in [0.2, 0.25) is 0 Å². The Kier molecular flexibility index (Phi) is 7.73. The van der Waals surface area contributed by atoms with E-state index in [4.69, 9.17) is 4.74 Å². The van der Waals surface area contributed by atoms with Crippen LogP contribution in [0.15, 0.2) is 42.6 Å². The predicted octanol–water partition coefficient (Wildman–Crippen LogP) is 3.92. The number of para-hydroxylation sites is 1. The van der Waals surface area contributed by atoms with Gasteiger partial charge in [0.25, 0.3) is 5.91 Å². The minimum absolute atomic E-state index is 0.0132. The second kappa shape index (κ2) is 10.7. The largest absolute Gasteiger partial charge is 0.496 e. The van der Waals surface area contributed by atoms with Gasteiger partial charge in [0.1, 0.15) is 11.4 Å². The lowest BCUT2D eigenvalue weighted by atomic mass is 10.0. The van der Waals surface area contributed by atoms with Crippen LogP contribution >= 0.6 is 0 Å². The number of likely N-dealkylation sites (tertiary alicyclic amines) is 1. The number of methoxy groups -OCH3 is 1. The molecular weight excluding hydrogens is 445 g/mol. The fourth-order valence-electron chi connectivity index (χ4n) is 4.88. The molecule has 0 bridgehead atoms. The zero-order chi connectivity index (χ0) is 24.1. The van der Waals surface area contributed by atoms with Crippen molar-refractivity contribution < 1.29 is 22.7 Å². The monoisotopic (exact) mass is 476 g/mol. The van der Waals surface area contributed by atoms with Crippen LogP contribution in [0.1, 0.15) is 40.9 Å². The second-order valence-electron chi connectivity index (χ2n) is 8.94. The third-order valence-electron chi connectivity index (χ3n) is 6.75. The minimum Gasteiger partial charge on any atom is -0.496 e. The molecule has 4 rings (SSSR count). The Hall–Kier alpha value is -2.65. The minimum atomic E-state index is -4.41. The molecule has 6 nitrogen and oxygen atoms in total. The molecule has 1 amide bonds. The number of hydrogen-bond acceptors (Lipinski definition) is 5. The molecule has 1 aromatic heterocycles. The first-order chi connectivity index (χ1) is 16.3. The SMILES string of the molecule is COc1ccccc1C(=O)N1CCCN(C2CCN(Cc3ccc(C(F)(F)F)nc3)CC2)CC1. The van der Waals surface area contributed by atoms with Gasteiger partial charge in [-0.1, -0.05) is 18.2 Å². The third kappa shape index (κ3) is 5.88. The van der Waals surface area contributed by atoms with Crippen LogP contribution in [-0.4, -0.2) is 78.0 Å². The molecule has 2 fully saturated rings. The first-order valence-corrected chi connectivity index (χ1v) is 11.8. The summed E-state index contributed by atoms with van der Waals surface area (Å²) in [7, 11) is 1.58. The van der Waals surface area contributed by atoms with Gasteiger partial charge in [-0.15, -0.1) is 0 Å². The van der Waals surface area contributed by atoms with Crippen LogP contribution in [-0.2, 0) is 12.7 Å². The Morgan fingerprint density at radius 3 is 2.47 bits per heavy atom. The van der Waals surface area contributed by atoms with E-state index in [0.717, 1.165) is 63.6 Å². The fourth-order valence-corrected chi connectivity index (χ4v) is 4.88. The lowest BCUT2D eigenvalue weighted by Gasteiger charge is -2.38. The standard InChI is InChI=1S/C25H31F3N4O2/c1-34-22-6-3-2-5-21(22)24(33)32-12-4-11-31(15-16-32)20-9-13-30(14-10-20)18-19-7-8-23(29-17-19)25(26,27)28/h2-3,5-8,17,20H,4,9-16,18H2,1H3. The molecule has 0 radical (unpaired) electrons. The van der Waals surface area contributed by atoms with Crippen LogP contribution in [0.4, 0.5) is 13.2 Å². The maximum absolute atomic E-state index is 13.1. The van der Waals surface area contributed by atoms with E-state index < -0.39 is 11.9 Å². The number of nitrogens with zero attached hydrogens (tertiary/aromatic N) is 4. The Morgan fingerprint density at radius 1 is 1.03 bits per heavy atom. The van der Waals surface area contributed by atoms with Gasteiger partial charge in [-0.05, 0) is 56.1 Å². The Morgan fingerprint density at radius 2 is 1.79 bits per heavy atom.